The number of hydrogen-bond donors (Lipinski definition) is 0. The molecule has 0 atom stereocenters. The van der Waals surface area contributed by atoms with E-state index in [0.29, 0.717) is 0 Å². The summed E-state index contributed by atoms with van der Waals surface area (Å²) in [6.07, 6.45) is 1.11. The fraction of sp³-hybridized carbons (Fsp3) is 0.167. The van der Waals surface area contributed by atoms with Crippen molar-refractivity contribution in [3.63, 3.8) is 0 Å². The molecule has 0 amide bonds. The van der Waals surface area contributed by atoms with Crippen molar-refractivity contribution in [3.05, 3.63) is 48.0 Å². The Hall–Kier alpha value is -1.30. The third kappa shape index (κ3) is 1.20. The highest BCUT2D eigenvalue weighted by Gasteiger charge is 1.98. The van der Waals surface area contributed by atoms with E-state index in [1.807, 2.05) is 0 Å². The Labute approximate surface area is 73.2 Å². The molecule has 0 N–H and O–H groups in total. The zero-order valence-corrected chi connectivity index (χ0v) is 7.25. The minimum atomic E-state index is 1.11. The van der Waals surface area contributed by atoms with Crippen molar-refractivity contribution >= 4 is 0 Å². The van der Waals surface area contributed by atoms with Gasteiger partial charge in [0.05, 0.1) is 0 Å². The van der Waals surface area contributed by atoms with E-state index in [2.05, 4.69) is 49.4 Å². The Balaban J connectivity index is 2.61. The summed E-state index contributed by atoms with van der Waals surface area (Å²) in [6, 6.07) is 15.1. The topological polar surface area (TPSA) is 0 Å². The average molecular weight is 156 g/mol. The molecule has 0 saturated heterocycles. The molecule has 0 aromatic carbocycles. The molecule has 2 aliphatic rings. The molecular weight excluding hydrogens is 144 g/mol. The van der Waals surface area contributed by atoms with Gasteiger partial charge in [0.2, 0.25) is 0 Å². The molecule has 0 nitrogen and oxygen atoms in total. The molecule has 12 heavy (non-hydrogen) atoms. The highest BCUT2D eigenvalue weighted by molar-refractivity contribution is 5.66. The Morgan fingerprint density at radius 1 is 0.917 bits per heavy atom. The van der Waals surface area contributed by atoms with Crippen LogP contribution in [-0.4, -0.2) is 0 Å². The first kappa shape index (κ1) is 7.35. The van der Waals surface area contributed by atoms with E-state index in [1.165, 1.54) is 16.7 Å². The van der Waals surface area contributed by atoms with Crippen molar-refractivity contribution in [2.45, 2.75) is 13.3 Å². The van der Waals surface area contributed by atoms with Gasteiger partial charge in [-0.3, -0.25) is 0 Å². The Morgan fingerprint density at radius 2 is 1.58 bits per heavy atom. The molecule has 0 radical (unpaired) electrons. The monoisotopic (exact) mass is 156 g/mol. The summed E-state index contributed by atoms with van der Waals surface area (Å²) in [5.74, 6) is 0. The van der Waals surface area contributed by atoms with Gasteiger partial charge in [-0.15, -0.1) is 0 Å². The van der Waals surface area contributed by atoms with Crippen molar-refractivity contribution in [1.82, 2.24) is 0 Å². The molecule has 60 valence electrons. The summed E-state index contributed by atoms with van der Waals surface area (Å²) in [7, 11) is 0. The highest BCUT2D eigenvalue weighted by Crippen LogP contribution is 2.22. The molecule has 0 bridgehead atoms. The maximum atomic E-state index is 2.26. The summed E-state index contributed by atoms with van der Waals surface area (Å²) in [5, 5.41) is 0. The Morgan fingerprint density at radius 3 is 2.33 bits per heavy atom. The Bertz CT molecular complexity index is 349. The van der Waals surface area contributed by atoms with Crippen molar-refractivity contribution in [3.8, 4) is 11.1 Å². The largest absolute Gasteiger partial charge is 0.0614 e. The number of hydrogen-bond acceptors (Lipinski definition) is 0. The second-order valence-electron chi connectivity index (χ2n) is 3.04. The van der Waals surface area contributed by atoms with Gasteiger partial charge >= 0.3 is 0 Å². The minimum absolute atomic E-state index is 1.11. The molecule has 0 aliphatic heterocycles. The molecule has 2 rings (SSSR count). The maximum absolute atomic E-state index is 2.26. The van der Waals surface area contributed by atoms with Crippen LogP contribution >= 0.6 is 0 Å². The molecular formula is C12H12. The van der Waals surface area contributed by atoms with E-state index in [4.69, 9.17) is 0 Å². The summed E-state index contributed by atoms with van der Waals surface area (Å²) in [4.78, 5) is 0. The van der Waals surface area contributed by atoms with Gasteiger partial charge in [0, 0.05) is 0 Å². The highest BCUT2D eigenvalue weighted by atomic mass is 14.0. The third-order valence-corrected chi connectivity index (χ3v) is 2.22. The van der Waals surface area contributed by atoms with Crippen LogP contribution < -0.4 is 0 Å². The standard InChI is InChI=1S/C12H12/c1-2-10-5-3-6-11-7-4-8-12(11)9-10/h3-9H,2H2,1H3. The smallest absolute Gasteiger partial charge is 0.0181 e. The minimum Gasteiger partial charge on any atom is -0.0614 e. The molecule has 0 fully saturated rings. The lowest BCUT2D eigenvalue weighted by molar-refractivity contribution is 1.15. The predicted octanol–water partition coefficient (Wildman–Crippen LogP) is 3.35. The van der Waals surface area contributed by atoms with Gasteiger partial charge in [0.25, 0.3) is 0 Å². The van der Waals surface area contributed by atoms with E-state index < -0.39 is 0 Å². The van der Waals surface area contributed by atoms with Crippen LogP contribution in [0.25, 0.3) is 11.1 Å². The fourth-order valence-electron chi connectivity index (χ4n) is 1.47. The van der Waals surface area contributed by atoms with Crippen LogP contribution in [-0.2, 0) is 6.42 Å². The van der Waals surface area contributed by atoms with Crippen molar-refractivity contribution in [2.75, 3.05) is 0 Å². The van der Waals surface area contributed by atoms with Crippen LogP contribution in [0.4, 0.5) is 0 Å². The van der Waals surface area contributed by atoms with Crippen LogP contribution in [0, 0.1) is 0 Å². The molecule has 0 aromatic heterocycles. The van der Waals surface area contributed by atoms with Gasteiger partial charge < -0.3 is 0 Å². The van der Waals surface area contributed by atoms with Crippen LogP contribution in [0.3, 0.4) is 0 Å². The molecule has 0 aromatic rings. The zero-order chi connectivity index (χ0) is 8.39. The third-order valence-electron chi connectivity index (χ3n) is 2.22. The summed E-state index contributed by atoms with van der Waals surface area (Å²) in [6.45, 7) is 2.18. The van der Waals surface area contributed by atoms with Gasteiger partial charge in [-0.05, 0) is 23.1 Å². The normalized spacial score (nSPS) is 10.4. The maximum Gasteiger partial charge on any atom is -0.0181 e. The average Bonchev–Trinajstić information content (AvgIpc) is 2.43. The first-order valence-electron chi connectivity index (χ1n) is 4.38. The summed E-state index contributed by atoms with van der Waals surface area (Å²) >= 11 is 0. The van der Waals surface area contributed by atoms with Crippen molar-refractivity contribution < 1.29 is 0 Å². The molecule has 0 heterocycles. The van der Waals surface area contributed by atoms with Gasteiger partial charge in [-0.1, -0.05) is 49.4 Å². The molecule has 0 unspecified atom stereocenters. The van der Waals surface area contributed by atoms with E-state index in [0.717, 1.165) is 6.42 Å². The zero-order valence-electron chi connectivity index (χ0n) is 7.25. The lowest BCUT2D eigenvalue weighted by atomic mass is 10.1. The number of rotatable bonds is 1. The fourth-order valence-corrected chi connectivity index (χ4v) is 1.47. The van der Waals surface area contributed by atoms with Crippen molar-refractivity contribution in [1.29, 1.82) is 0 Å². The second-order valence-corrected chi connectivity index (χ2v) is 3.04. The quantitative estimate of drug-likeness (QED) is 0.594. The second kappa shape index (κ2) is 2.98. The summed E-state index contributed by atoms with van der Waals surface area (Å²) < 4.78 is 0. The number of aryl methyl sites for hydroxylation is 1. The lowest BCUT2D eigenvalue weighted by Gasteiger charge is -1.91. The SMILES string of the molecule is CCc1cccc2cccc-2c1. The van der Waals surface area contributed by atoms with Crippen LogP contribution in [0.2, 0.25) is 0 Å². The van der Waals surface area contributed by atoms with Crippen LogP contribution in [0.5, 0.6) is 0 Å². The Kier molecular flexibility index (Phi) is 1.83. The van der Waals surface area contributed by atoms with Gasteiger partial charge in [0.15, 0.2) is 0 Å². The summed E-state index contributed by atoms with van der Waals surface area (Å²) in [5.41, 5.74) is 4.07. The van der Waals surface area contributed by atoms with Gasteiger partial charge in [-0.25, -0.2) is 0 Å². The molecule has 2 aliphatic carbocycles. The lowest BCUT2D eigenvalue weighted by Crippen LogP contribution is -1.72. The molecule has 0 spiro atoms. The van der Waals surface area contributed by atoms with E-state index in [1.54, 1.807) is 0 Å². The number of fused-ring (bicyclic) bond motifs is 1. The first-order valence-corrected chi connectivity index (χ1v) is 4.38. The van der Waals surface area contributed by atoms with E-state index in [-0.39, 0.29) is 0 Å². The van der Waals surface area contributed by atoms with Crippen LogP contribution in [0.15, 0.2) is 42.5 Å². The molecule has 0 heteroatoms. The van der Waals surface area contributed by atoms with Gasteiger partial charge in [-0.2, -0.15) is 0 Å². The predicted molar refractivity (Wildman–Crippen MR) is 52.4 cm³/mol. The van der Waals surface area contributed by atoms with Crippen molar-refractivity contribution in [2.24, 2.45) is 0 Å². The first-order chi connectivity index (χ1) is 5.90. The van der Waals surface area contributed by atoms with E-state index in [9.17, 15) is 0 Å². The molecule has 0 saturated carbocycles. The van der Waals surface area contributed by atoms with Gasteiger partial charge in [0.1, 0.15) is 0 Å². The van der Waals surface area contributed by atoms with Crippen LogP contribution in [0.1, 0.15) is 12.5 Å². The van der Waals surface area contributed by atoms with E-state index >= 15 is 0 Å².